The molecule has 0 aromatic heterocycles. The zero-order valence-corrected chi connectivity index (χ0v) is 13.1. The average molecular weight is 282 g/mol. The van der Waals surface area contributed by atoms with E-state index in [1.165, 1.54) is 16.7 Å². The molecule has 0 aliphatic rings. The molecule has 1 amide bonds. The Morgan fingerprint density at radius 3 is 2.00 bits per heavy atom. The Morgan fingerprint density at radius 2 is 1.48 bits per heavy atom. The van der Waals surface area contributed by atoms with Gasteiger partial charge in [-0.05, 0) is 56.2 Å². The van der Waals surface area contributed by atoms with Crippen LogP contribution in [0.25, 0.3) is 0 Å². The molecule has 2 aromatic carbocycles. The van der Waals surface area contributed by atoms with E-state index in [1.807, 2.05) is 31.2 Å². The molecule has 2 aromatic rings. The van der Waals surface area contributed by atoms with Crippen LogP contribution < -0.4 is 10.6 Å². The van der Waals surface area contributed by atoms with E-state index in [1.54, 1.807) is 0 Å². The summed E-state index contributed by atoms with van der Waals surface area (Å²) >= 11 is 0. The fourth-order valence-corrected chi connectivity index (χ4v) is 2.41. The Morgan fingerprint density at radius 1 is 0.952 bits per heavy atom. The van der Waals surface area contributed by atoms with Gasteiger partial charge in [0.25, 0.3) is 0 Å². The molecule has 0 heterocycles. The summed E-state index contributed by atoms with van der Waals surface area (Å²) in [5.41, 5.74) is 6.72. The highest BCUT2D eigenvalue weighted by molar-refractivity contribution is 5.90. The van der Waals surface area contributed by atoms with E-state index in [-0.39, 0.29) is 5.91 Å². The van der Waals surface area contributed by atoms with Gasteiger partial charge in [-0.2, -0.15) is 0 Å². The molecule has 0 fully saturated rings. The first-order valence-corrected chi connectivity index (χ1v) is 7.24. The van der Waals surface area contributed by atoms with E-state index in [9.17, 15) is 4.79 Å². The predicted molar refractivity (Wildman–Crippen MR) is 89.3 cm³/mol. The smallest absolute Gasteiger partial charge is 0.224 e. The maximum Gasteiger partial charge on any atom is 0.224 e. The molecular weight excluding hydrogens is 260 g/mol. The molecule has 21 heavy (non-hydrogen) atoms. The van der Waals surface area contributed by atoms with Crippen molar-refractivity contribution in [2.24, 2.45) is 0 Å². The standard InChI is InChI=1S/C18H22N2O/c1-5-17(21)19-15-6-8-16(9-7-15)20-18-13(3)10-12(2)11-14(18)4/h6-11,20H,5H2,1-4H3,(H,19,21). The molecule has 0 atom stereocenters. The lowest BCUT2D eigenvalue weighted by atomic mass is 10.0. The third kappa shape index (κ3) is 3.85. The van der Waals surface area contributed by atoms with Crippen molar-refractivity contribution in [3.8, 4) is 0 Å². The van der Waals surface area contributed by atoms with Gasteiger partial charge in [-0.3, -0.25) is 4.79 Å². The van der Waals surface area contributed by atoms with E-state index in [2.05, 4.69) is 43.5 Å². The van der Waals surface area contributed by atoms with Crippen molar-refractivity contribution in [2.45, 2.75) is 34.1 Å². The minimum atomic E-state index is 0.0286. The Kier molecular flexibility index (Phi) is 4.63. The number of anilines is 3. The normalized spacial score (nSPS) is 10.3. The number of hydrogen-bond acceptors (Lipinski definition) is 2. The van der Waals surface area contributed by atoms with Crippen molar-refractivity contribution in [1.82, 2.24) is 0 Å². The molecule has 3 heteroatoms. The zero-order chi connectivity index (χ0) is 15.4. The van der Waals surface area contributed by atoms with Crippen LogP contribution in [0.2, 0.25) is 0 Å². The lowest BCUT2D eigenvalue weighted by Gasteiger charge is -2.14. The molecule has 110 valence electrons. The second kappa shape index (κ2) is 6.44. The Hall–Kier alpha value is -2.29. The van der Waals surface area contributed by atoms with Crippen LogP contribution in [0.1, 0.15) is 30.0 Å². The molecule has 0 spiro atoms. The molecule has 0 saturated carbocycles. The van der Waals surface area contributed by atoms with Crippen LogP contribution in [-0.2, 0) is 4.79 Å². The quantitative estimate of drug-likeness (QED) is 0.853. The monoisotopic (exact) mass is 282 g/mol. The first-order valence-electron chi connectivity index (χ1n) is 7.24. The van der Waals surface area contributed by atoms with Crippen molar-refractivity contribution in [1.29, 1.82) is 0 Å². The fraction of sp³-hybridized carbons (Fsp3) is 0.278. The maximum absolute atomic E-state index is 11.4. The lowest BCUT2D eigenvalue weighted by Crippen LogP contribution is -2.09. The van der Waals surface area contributed by atoms with Crippen LogP contribution in [-0.4, -0.2) is 5.91 Å². The zero-order valence-electron chi connectivity index (χ0n) is 13.1. The van der Waals surface area contributed by atoms with Crippen molar-refractivity contribution < 1.29 is 4.79 Å². The summed E-state index contributed by atoms with van der Waals surface area (Å²) in [4.78, 5) is 11.4. The third-order valence-electron chi connectivity index (χ3n) is 3.44. The third-order valence-corrected chi connectivity index (χ3v) is 3.44. The average Bonchev–Trinajstić information content (AvgIpc) is 2.44. The Labute approximate surface area is 126 Å². The van der Waals surface area contributed by atoms with Gasteiger partial charge < -0.3 is 10.6 Å². The summed E-state index contributed by atoms with van der Waals surface area (Å²) < 4.78 is 0. The van der Waals surface area contributed by atoms with Gasteiger partial charge in [0.2, 0.25) is 5.91 Å². The SMILES string of the molecule is CCC(=O)Nc1ccc(Nc2c(C)cc(C)cc2C)cc1. The van der Waals surface area contributed by atoms with Gasteiger partial charge in [-0.25, -0.2) is 0 Å². The van der Waals surface area contributed by atoms with Crippen LogP contribution in [0, 0.1) is 20.8 Å². The van der Waals surface area contributed by atoms with E-state index >= 15 is 0 Å². The fourth-order valence-electron chi connectivity index (χ4n) is 2.41. The molecule has 0 aliphatic carbocycles. The number of nitrogens with one attached hydrogen (secondary N) is 2. The van der Waals surface area contributed by atoms with Crippen LogP contribution in [0.3, 0.4) is 0 Å². The van der Waals surface area contributed by atoms with Gasteiger partial charge in [0.15, 0.2) is 0 Å². The molecular formula is C18H22N2O. The van der Waals surface area contributed by atoms with Crippen LogP contribution in [0.4, 0.5) is 17.1 Å². The lowest BCUT2D eigenvalue weighted by molar-refractivity contribution is -0.115. The van der Waals surface area contributed by atoms with E-state index in [4.69, 9.17) is 0 Å². The minimum Gasteiger partial charge on any atom is -0.355 e. The minimum absolute atomic E-state index is 0.0286. The maximum atomic E-state index is 11.4. The summed E-state index contributed by atoms with van der Waals surface area (Å²) in [5.74, 6) is 0.0286. The molecule has 0 unspecified atom stereocenters. The number of carbonyl (C=O) groups is 1. The Balaban J connectivity index is 2.16. The summed E-state index contributed by atoms with van der Waals surface area (Å²) in [7, 11) is 0. The van der Waals surface area contributed by atoms with Crippen molar-refractivity contribution in [2.75, 3.05) is 10.6 Å². The molecule has 0 aliphatic heterocycles. The highest BCUT2D eigenvalue weighted by atomic mass is 16.1. The molecule has 0 saturated heterocycles. The summed E-state index contributed by atoms with van der Waals surface area (Å²) in [6, 6.07) is 12.1. The molecule has 2 rings (SSSR count). The van der Waals surface area contributed by atoms with E-state index in [0.29, 0.717) is 6.42 Å². The number of aryl methyl sites for hydroxylation is 3. The first-order chi connectivity index (χ1) is 9.99. The van der Waals surface area contributed by atoms with Crippen molar-refractivity contribution in [3.63, 3.8) is 0 Å². The molecule has 3 nitrogen and oxygen atoms in total. The topological polar surface area (TPSA) is 41.1 Å². The number of hydrogen-bond donors (Lipinski definition) is 2. The molecule has 0 bridgehead atoms. The van der Waals surface area contributed by atoms with Gasteiger partial charge in [0, 0.05) is 23.5 Å². The number of rotatable bonds is 4. The summed E-state index contributed by atoms with van der Waals surface area (Å²) in [6.45, 7) is 8.17. The highest BCUT2D eigenvalue weighted by Crippen LogP contribution is 2.26. The van der Waals surface area contributed by atoms with Gasteiger partial charge in [-0.1, -0.05) is 24.6 Å². The Bertz CT molecular complexity index is 622. The van der Waals surface area contributed by atoms with E-state index < -0.39 is 0 Å². The van der Waals surface area contributed by atoms with Gasteiger partial charge in [-0.15, -0.1) is 0 Å². The van der Waals surface area contributed by atoms with Crippen LogP contribution in [0.15, 0.2) is 36.4 Å². The van der Waals surface area contributed by atoms with Crippen molar-refractivity contribution >= 4 is 23.0 Å². The predicted octanol–water partition coefficient (Wildman–Crippen LogP) is 4.70. The largest absolute Gasteiger partial charge is 0.355 e. The number of benzene rings is 2. The highest BCUT2D eigenvalue weighted by Gasteiger charge is 2.05. The van der Waals surface area contributed by atoms with E-state index in [0.717, 1.165) is 17.1 Å². The molecule has 2 N–H and O–H groups in total. The van der Waals surface area contributed by atoms with Crippen LogP contribution in [0.5, 0.6) is 0 Å². The van der Waals surface area contributed by atoms with Crippen molar-refractivity contribution in [3.05, 3.63) is 53.1 Å². The summed E-state index contributed by atoms with van der Waals surface area (Å²) in [6.07, 6.45) is 0.488. The van der Waals surface area contributed by atoms with Gasteiger partial charge in [0.05, 0.1) is 0 Å². The summed E-state index contributed by atoms with van der Waals surface area (Å²) in [5, 5.41) is 6.30. The second-order valence-corrected chi connectivity index (χ2v) is 5.38. The molecule has 0 radical (unpaired) electrons. The number of carbonyl (C=O) groups excluding carboxylic acids is 1. The van der Waals surface area contributed by atoms with Gasteiger partial charge >= 0.3 is 0 Å². The van der Waals surface area contributed by atoms with Gasteiger partial charge in [0.1, 0.15) is 0 Å². The number of amides is 1. The van der Waals surface area contributed by atoms with Crippen LogP contribution >= 0.6 is 0 Å². The second-order valence-electron chi connectivity index (χ2n) is 5.38. The first kappa shape index (κ1) is 15.1.